The van der Waals surface area contributed by atoms with E-state index in [-0.39, 0.29) is 16.9 Å². The van der Waals surface area contributed by atoms with Crippen molar-refractivity contribution in [1.29, 1.82) is 0 Å². The van der Waals surface area contributed by atoms with E-state index in [4.69, 9.17) is 14.2 Å². The number of nitrogens with one attached hydrogen (secondary N) is 3. The van der Waals surface area contributed by atoms with Crippen LogP contribution in [0.2, 0.25) is 0 Å². The van der Waals surface area contributed by atoms with Crippen LogP contribution in [0.5, 0.6) is 23.0 Å². The molecule has 53 heavy (non-hydrogen) atoms. The molecule has 0 aliphatic carbocycles. The molecule has 0 saturated carbocycles. The Labute approximate surface area is 309 Å². The standard InChI is InChI=1S/C40H35N3O9S/c1-50-33-21-24(22-34(51-2)35(33)52-3)20-31(43-37(45)26-12-8-5-9-13-26)38(46)41-27-14-17-29(18-15-27)53-36(25-10-6-4-7-11-25)39(47)42-28-16-19-32(44)30(23-28)40(48)49/h4-23,36,44H,1-3H3,(H,41,46)(H,42,47)(H,43,45)(H,48,49)/b31-20-. The highest BCUT2D eigenvalue weighted by atomic mass is 32.2. The number of thioether (sulfide) groups is 1. The van der Waals surface area contributed by atoms with Crippen LogP contribution in [0.25, 0.3) is 6.08 Å². The number of benzene rings is 5. The van der Waals surface area contributed by atoms with Gasteiger partial charge >= 0.3 is 5.97 Å². The number of amides is 3. The topological polar surface area (TPSA) is 173 Å². The Morgan fingerprint density at radius 3 is 1.91 bits per heavy atom. The number of aromatic hydroxyl groups is 1. The lowest BCUT2D eigenvalue weighted by Crippen LogP contribution is -2.30. The molecule has 0 radical (unpaired) electrons. The first-order valence-electron chi connectivity index (χ1n) is 16.0. The summed E-state index contributed by atoms with van der Waals surface area (Å²) in [5, 5.41) is 26.8. The second-order valence-corrected chi connectivity index (χ2v) is 12.4. The lowest BCUT2D eigenvalue weighted by atomic mass is 10.1. The lowest BCUT2D eigenvalue weighted by Gasteiger charge is -2.18. The fourth-order valence-corrected chi connectivity index (χ4v) is 6.16. The number of carboxylic acids is 1. The van der Waals surface area contributed by atoms with Gasteiger partial charge in [-0.25, -0.2) is 4.79 Å². The van der Waals surface area contributed by atoms with E-state index < -0.39 is 34.7 Å². The Hall–Kier alpha value is -6.73. The van der Waals surface area contributed by atoms with Crippen LogP contribution in [0.4, 0.5) is 11.4 Å². The molecule has 13 heteroatoms. The average molecular weight is 734 g/mol. The first-order chi connectivity index (χ1) is 25.6. The third kappa shape index (κ3) is 9.54. The van der Waals surface area contributed by atoms with Gasteiger partial charge in [0.05, 0.1) is 21.3 Å². The van der Waals surface area contributed by atoms with Crippen molar-refractivity contribution in [2.45, 2.75) is 10.1 Å². The summed E-state index contributed by atoms with van der Waals surface area (Å²) in [7, 11) is 4.42. The zero-order chi connectivity index (χ0) is 37.9. The molecule has 0 spiro atoms. The molecule has 0 heterocycles. The number of hydrogen-bond acceptors (Lipinski definition) is 9. The van der Waals surface area contributed by atoms with Crippen LogP contribution in [-0.4, -0.2) is 55.2 Å². The van der Waals surface area contributed by atoms with Gasteiger partial charge in [0.1, 0.15) is 22.3 Å². The SMILES string of the molecule is COc1cc(/C=C(\NC(=O)c2ccccc2)C(=O)Nc2ccc(SC(C(=O)Nc3ccc(O)c(C(=O)O)c3)c3ccccc3)cc2)cc(OC)c1OC. The lowest BCUT2D eigenvalue weighted by molar-refractivity contribution is -0.116. The highest BCUT2D eigenvalue weighted by molar-refractivity contribution is 8.00. The number of anilines is 2. The van der Waals surface area contributed by atoms with Crippen LogP contribution in [0.3, 0.4) is 0 Å². The Balaban J connectivity index is 1.38. The zero-order valence-electron chi connectivity index (χ0n) is 28.8. The third-order valence-corrected chi connectivity index (χ3v) is 8.99. The second kappa shape index (κ2) is 17.5. The zero-order valence-corrected chi connectivity index (χ0v) is 29.6. The summed E-state index contributed by atoms with van der Waals surface area (Å²) in [5.41, 5.74) is 1.75. The van der Waals surface area contributed by atoms with Gasteiger partial charge in [0.15, 0.2) is 11.5 Å². The van der Waals surface area contributed by atoms with Crippen LogP contribution in [-0.2, 0) is 9.59 Å². The molecule has 0 fully saturated rings. The van der Waals surface area contributed by atoms with Crippen molar-refractivity contribution in [3.63, 3.8) is 0 Å². The van der Waals surface area contributed by atoms with Gasteiger partial charge in [-0.1, -0.05) is 48.5 Å². The maximum atomic E-state index is 13.7. The van der Waals surface area contributed by atoms with Crippen molar-refractivity contribution in [2.75, 3.05) is 32.0 Å². The molecule has 1 unspecified atom stereocenters. The monoisotopic (exact) mass is 733 g/mol. The number of phenols is 1. The van der Waals surface area contributed by atoms with Gasteiger partial charge in [-0.2, -0.15) is 0 Å². The summed E-state index contributed by atoms with van der Waals surface area (Å²) in [5.74, 6) is -2.20. The highest BCUT2D eigenvalue weighted by Gasteiger charge is 2.24. The molecular weight excluding hydrogens is 699 g/mol. The second-order valence-electron chi connectivity index (χ2n) is 11.3. The van der Waals surface area contributed by atoms with E-state index in [1.54, 1.807) is 91.0 Å². The molecule has 12 nitrogen and oxygen atoms in total. The average Bonchev–Trinajstić information content (AvgIpc) is 3.18. The minimum Gasteiger partial charge on any atom is -0.507 e. The normalized spacial score (nSPS) is 11.5. The summed E-state index contributed by atoms with van der Waals surface area (Å²) in [6.07, 6.45) is 1.49. The van der Waals surface area contributed by atoms with Crippen molar-refractivity contribution >= 4 is 52.9 Å². The quantitative estimate of drug-likeness (QED) is 0.0455. The third-order valence-electron chi connectivity index (χ3n) is 7.73. The van der Waals surface area contributed by atoms with Crippen LogP contribution in [0.15, 0.2) is 126 Å². The van der Waals surface area contributed by atoms with Crippen LogP contribution < -0.4 is 30.2 Å². The Kier molecular flexibility index (Phi) is 12.4. The number of aromatic carboxylic acids is 1. The minimum atomic E-state index is -1.33. The molecule has 5 rings (SSSR count). The fraction of sp³-hybridized carbons (Fsp3) is 0.100. The van der Waals surface area contributed by atoms with Crippen molar-refractivity contribution in [3.05, 3.63) is 143 Å². The molecule has 0 bridgehead atoms. The van der Waals surface area contributed by atoms with E-state index in [0.29, 0.717) is 44.5 Å². The molecule has 5 aromatic rings. The Morgan fingerprint density at radius 2 is 1.32 bits per heavy atom. The van der Waals surface area contributed by atoms with E-state index >= 15 is 0 Å². The molecule has 0 saturated heterocycles. The molecule has 0 aliphatic heterocycles. The number of ether oxygens (including phenoxy) is 3. The molecule has 5 aromatic carbocycles. The van der Waals surface area contributed by atoms with Gasteiger partial charge in [-0.05, 0) is 83.9 Å². The van der Waals surface area contributed by atoms with E-state index in [1.807, 2.05) is 6.07 Å². The van der Waals surface area contributed by atoms with Crippen molar-refractivity contribution in [1.82, 2.24) is 5.32 Å². The van der Waals surface area contributed by atoms with E-state index in [9.17, 15) is 29.4 Å². The molecule has 1 atom stereocenters. The van der Waals surface area contributed by atoms with Crippen LogP contribution in [0.1, 0.15) is 37.1 Å². The summed E-state index contributed by atoms with van der Waals surface area (Å²) in [6.45, 7) is 0. The van der Waals surface area contributed by atoms with Gasteiger partial charge in [-0.3, -0.25) is 14.4 Å². The molecule has 0 aromatic heterocycles. The first kappa shape index (κ1) is 37.5. The minimum absolute atomic E-state index is 0.0623. The summed E-state index contributed by atoms with van der Waals surface area (Å²) >= 11 is 1.24. The smallest absolute Gasteiger partial charge is 0.339 e. The van der Waals surface area contributed by atoms with Crippen LogP contribution in [0, 0.1) is 0 Å². The predicted molar refractivity (Wildman–Crippen MR) is 202 cm³/mol. The van der Waals surface area contributed by atoms with E-state index in [0.717, 1.165) is 0 Å². The van der Waals surface area contributed by atoms with Gasteiger partial charge < -0.3 is 40.4 Å². The molecule has 5 N–H and O–H groups in total. The molecule has 0 aliphatic rings. The van der Waals surface area contributed by atoms with E-state index in [1.165, 1.54) is 57.4 Å². The van der Waals surface area contributed by atoms with Gasteiger partial charge in [0.25, 0.3) is 11.8 Å². The largest absolute Gasteiger partial charge is 0.507 e. The molecule has 3 amide bonds. The Morgan fingerprint density at radius 1 is 0.717 bits per heavy atom. The number of carbonyl (C=O) groups is 4. The number of hydrogen-bond donors (Lipinski definition) is 5. The molecule has 270 valence electrons. The Bertz CT molecular complexity index is 2120. The maximum absolute atomic E-state index is 13.7. The summed E-state index contributed by atoms with van der Waals surface area (Å²) < 4.78 is 16.3. The first-order valence-corrected chi connectivity index (χ1v) is 16.9. The maximum Gasteiger partial charge on any atom is 0.339 e. The number of rotatable bonds is 14. The van der Waals surface area contributed by atoms with Gasteiger partial charge in [-0.15, -0.1) is 11.8 Å². The number of carboxylic acid groups (broad SMARTS) is 1. The summed E-state index contributed by atoms with van der Waals surface area (Å²) in [6, 6.07) is 31.4. The predicted octanol–water partition coefficient (Wildman–Crippen LogP) is 7.00. The van der Waals surface area contributed by atoms with Gasteiger partial charge in [0, 0.05) is 21.8 Å². The summed E-state index contributed by atoms with van der Waals surface area (Å²) in [4.78, 5) is 52.7. The number of methoxy groups -OCH3 is 3. The van der Waals surface area contributed by atoms with E-state index in [2.05, 4.69) is 16.0 Å². The van der Waals surface area contributed by atoms with Crippen LogP contribution >= 0.6 is 11.8 Å². The fourth-order valence-electron chi connectivity index (χ4n) is 5.14. The number of carbonyl (C=O) groups excluding carboxylic acids is 3. The molecular formula is C40H35N3O9S. The highest BCUT2D eigenvalue weighted by Crippen LogP contribution is 2.39. The van der Waals surface area contributed by atoms with Crippen molar-refractivity contribution < 1.29 is 43.6 Å². The van der Waals surface area contributed by atoms with Gasteiger partial charge in [0.2, 0.25) is 11.7 Å². The van der Waals surface area contributed by atoms with Crippen molar-refractivity contribution in [3.8, 4) is 23.0 Å². The van der Waals surface area contributed by atoms with Crippen molar-refractivity contribution in [2.24, 2.45) is 0 Å².